The molecule has 0 heterocycles. The summed E-state index contributed by atoms with van der Waals surface area (Å²) < 4.78 is 10.4. The summed E-state index contributed by atoms with van der Waals surface area (Å²) in [5.41, 5.74) is 0. The first-order chi connectivity index (χ1) is 10.1. The molecule has 1 rings (SSSR count). The lowest BCUT2D eigenvalue weighted by molar-refractivity contribution is -0.142. The maximum Gasteiger partial charge on any atom is 0.326 e. The summed E-state index contributed by atoms with van der Waals surface area (Å²) in [7, 11) is 1.54. The second-order valence-electron chi connectivity index (χ2n) is 4.57. The van der Waals surface area contributed by atoms with E-state index in [0.29, 0.717) is 17.9 Å². The summed E-state index contributed by atoms with van der Waals surface area (Å²) in [6.45, 7) is 1.73. The molecule has 0 bridgehead atoms. The van der Waals surface area contributed by atoms with E-state index in [1.165, 1.54) is 7.11 Å². The summed E-state index contributed by atoms with van der Waals surface area (Å²) >= 11 is 0. The molecular weight excluding hydrogens is 274 g/mol. The van der Waals surface area contributed by atoms with E-state index in [0.717, 1.165) is 12.8 Å². The van der Waals surface area contributed by atoms with Crippen LogP contribution >= 0.6 is 0 Å². The maximum atomic E-state index is 11.7. The third kappa shape index (κ3) is 6.16. The van der Waals surface area contributed by atoms with Gasteiger partial charge in [0.15, 0.2) is 6.61 Å². The van der Waals surface area contributed by atoms with Crippen molar-refractivity contribution in [1.29, 1.82) is 0 Å². The molecule has 0 aliphatic heterocycles. The SMILES string of the molecule is CCCCC(NC(=O)COc1cccc(OC)c1)C(=O)O. The normalized spacial score (nSPS) is 11.5. The monoisotopic (exact) mass is 295 g/mol. The van der Waals surface area contributed by atoms with E-state index < -0.39 is 17.9 Å². The third-order valence-corrected chi connectivity index (χ3v) is 2.89. The molecule has 1 aromatic carbocycles. The lowest BCUT2D eigenvalue weighted by Gasteiger charge is -2.14. The minimum atomic E-state index is -1.03. The highest BCUT2D eigenvalue weighted by molar-refractivity contribution is 5.84. The molecule has 1 amide bonds. The van der Waals surface area contributed by atoms with Gasteiger partial charge < -0.3 is 19.9 Å². The van der Waals surface area contributed by atoms with Crippen molar-refractivity contribution in [2.75, 3.05) is 13.7 Å². The Labute approximate surface area is 124 Å². The van der Waals surface area contributed by atoms with Crippen LogP contribution in [0.1, 0.15) is 26.2 Å². The number of carbonyl (C=O) groups excluding carboxylic acids is 1. The zero-order chi connectivity index (χ0) is 15.7. The number of hydrogen-bond donors (Lipinski definition) is 2. The summed E-state index contributed by atoms with van der Waals surface area (Å²) in [4.78, 5) is 22.7. The average Bonchev–Trinajstić information content (AvgIpc) is 2.49. The van der Waals surface area contributed by atoms with Gasteiger partial charge in [-0.25, -0.2) is 4.79 Å². The number of rotatable bonds is 9. The quantitative estimate of drug-likeness (QED) is 0.726. The van der Waals surface area contributed by atoms with E-state index in [1.54, 1.807) is 24.3 Å². The van der Waals surface area contributed by atoms with Crippen LogP contribution in [-0.4, -0.2) is 36.7 Å². The zero-order valence-corrected chi connectivity index (χ0v) is 12.3. The number of methoxy groups -OCH3 is 1. The predicted molar refractivity (Wildman–Crippen MR) is 77.6 cm³/mol. The van der Waals surface area contributed by atoms with E-state index in [-0.39, 0.29) is 6.61 Å². The van der Waals surface area contributed by atoms with Crippen molar-refractivity contribution >= 4 is 11.9 Å². The maximum absolute atomic E-state index is 11.7. The van der Waals surface area contributed by atoms with Gasteiger partial charge in [-0.15, -0.1) is 0 Å². The average molecular weight is 295 g/mol. The topological polar surface area (TPSA) is 84.9 Å². The lowest BCUT2D eigenvalue weighted by atomic mass is 10.1. The lowest BCUT2D eigenvalue weighted by Crippen LogP contribution is -2.42. The summed E-state index contributed by atoms with van der Waals surface area (Å²) in [6.07, 6.45) is 2.03. The van der Waals surface area contributed by atoms with Gasteiger partial charge in [-0.2, -0.15) is 0 Å². The van der Waals surface area contributed by atoms with Crippen LogP contribution in [0, 0.1) is 0 Å². The highest BCUT2D eigenvalue weighted by Crippen LogP contribution is 2.18. The second kappa shape index (κ2) is 8.84. The molecule has 1 atom stereocenters. The van der Waals surface area contributed by atoms with Crippen molar-refractivity contribution < 1.29 is 24.2 Å². The number of benzene rings is 1. The second-order valence-corrected chi connectivity index (χ2v) is 4.57. The highest BCUT2D eigenvalue weighted by Gasteiger charge is 2.19. The number of carboxylic acids is 1. The first-order valence-corrected chi connectivity index (χ1v) is 6.85. The van der Waals surface area contributed by atoms with Crippen LogP contribution in [0.15, 0.2) is 24.3 Å². The van der Waals surface area contributed by atoms with Gasteiger partial charge in [0, 0.05) is 6.07 Å². The highest BCUT2D eigenvalue weighted by atomic mass is 16.5. The van der Waals surface area contributed by atoms with Crippen molar-refractivity contribution in [3.8, 4) is 11.5 Å². The van der Waals surface area contributed by atoms with Gasteiger partial charge >= 0.3 is 5.97 Å². The van der Waals surface area contributed by atoms with Crippen molar-refractivity contribution in [3.63, 3.8) is 0 Å². The van der Waals surface area contributed by atoms with Crippen LogP contribution in [0.3, 0.4) is 0 Å². The molecule has 0 saturated heterocycles. The van der Waals surface area contributed by atoms with Gasteiger partial charge in [0.2, 0.25) is 0 Å². The predicted octanol–water partition coefficient (Wildman–Crippen LogP) is 1.83. The smallest absolute Gasteiger partial charge is 0.326 e. The van der Waals surface area contributed by atoms with Gasteiger partial charge in [-0.3, -0.25) is 4.79 Å². The molecule has 0 aliphatic carbocycles. The first kappa shape index (κ1) is 16.8. The molecule has 0 saturated carbocycles. The first-order valence-electron chi connectivity index (χ1n) is 6.85. The van der Waals surface area contributed by atoms with Crippen LogP contribution < -0.4 is 14.8 Å². The number of ether oxygens (including phenoxy) is 2. The van der Waals surface area contributed by atoms with Gasteiger partial charge in [0.05, 0.1) is 7.11 Å². The van der Waals surface area contributed by atoms with Crippen LogP contribution in [0.5, 0.6) is 11.5 Å². The Morgan fingerprint density at radius 1 is 1.33 bits per heavy atom. The molecule has 21 heavy (non-hydrogen) atoms. The van der Waals surface area contributed by atoms with E-state index >= 15 is 0 Å². The summed E-state index contributed by atoms with van der Waals surface area (Å²) in [6, 6.07) is 5.98. The van der Waals surface area contributed by atoms with Crippen LogP contribution in [-0.2, 0) is 9.59 Å². The zero-order valence-electron chi connectivity index (χ0n) is 12.3. The van der Waals surface area contributed by atoms with Crippen LogP contribution in [0.2, 0.25) is 0 Å². The Morgan fingerprint density at radius 3 is 2.67 bits per heavy atom. The summed E-state index contributed by atoms with van der Waals surface area (Å²) in [5, 5.41) is 11.5. The molecule has 0 aromatic heterocycles. The molecule has 116 valence electrons. The molecule has 6 nitrogen and oxygen atoms in total. The van der Waals surface area contributed by atoms with Gasteiger partial charge in [0.1, 0.15) is 17.5 Å². The molecule has 2 N–H and O–H groups in total. The van der Waals surface area contributed by atoms with Gasteiger partial charge in [-0.1, -0.05) is 25.8 Å². The Kier molecular flexibility index (Phi) is 7.08. The molecule has 1 aromatic rings. The van der Waals surface area contributed by atoms with E-state index in [2.05, 4.69) is 5.32 Å². The third-order valence-electron chi connectivity index (χ3n) is 2.89. The number of carbonyl (C=O) groups is 2. The fourth-order valence-corrected chi connectivity index (χ4v) is 1.74. The molecular formula is C15H21NO5. The molecule has 6 heteroatoms. The Bertz CT molecular complexity index is 475. The molecule has 1 unspecified atom stereocenters. The van der Waals surface area contributed by atoms with E-state index in [1.807, 2.05) is 6.92 Å². The standard InChI is InChI=1S/C15H21NO5/c1-3-4-8-13(15(18)19)16-14(17)10-21-12-7-5-6-11(9-12)20-2/h5-7,9,13H,3-4,8,10H2,1-2H3,(H,16,17)(H,18,19). The van der Waals surface area contributed by atoms with Crippen LogP contribution in [0.25, 0.3) is 0 Å². The van der Waals surface area contributed by atoms with E-state index in [4.69, 9.17) is 14.6 Å². The summed E-state index contributed by atoms with van der Waals surface area (Å²) in [5.74, 6) is -0.372. The van der Waals surface area contributed by atoms with Crippen molar-refractivity contribution in [1.82, 2.24) is 5.32 Å². The minimum absolute atomic E-state index is 0.233. The molecule has 0 fully saturated rings. The number of hydrogen-bond acceptors (Lipinski definition) is 4. The molecule has 0 aliphatic rings. The van der Waals surface area contributed by atoms with Gasteiger partial charge in [-0.05, 0) is 18.6 Å². The van der Waals surface area contributed by atoms with Crippen molar-refractivity contribution in [2.45, 2.75) is 32.2 Å². The Balaban J connectivity index is 2.46. The van der Waals surface area contributed by atoms with Crippen molar-refractivity contribution in [3.05, 3.63) is 24.3 Å². The fourth-order valence-electron chi connectivity index (χ4n) is 1.74. The Hall–Kier alpha value is -2.24. The van der Waals surface area contributed by atoms with Gasteiger partial charge in [0.25, 0.3) is 5.91 Å². The number of amides is 1. The number of carboxylic acid groups (broad SMARTS) is 1. The largest absolute Gasteiger partial charge is 0.497 e. The van der Waals surface area contributed by atoms with E-state index in [9.17, 15) is 9.59 Å². The number of aliphatic carboxylic acids is 1. The molecule has 0 spiro atoms. The number of nitrogens with one attached hydrogen (secondary N) is 1. The minimum Gasteiger partial charge on any atom is -0.497 e. The Morgan fingerprint density at radius 2 is 2.05 bits per heavy atom. The van der Waals surface area contributed by atoms with Crippen molar-refractivity contribution in [2.24, 2.45) is 0 Å². The number of unbranched alkanes of at least 4 members (excludes halogenated alkanes) is 1. The molecule has 0 radical (unpaired) electrons. The fraction of sp³-hybridized carbons (Fsp3) is 0.467. The van der Waals surface area contributed by atoms with Crippen LogP contribution in [0.4, 0.5) is 0 Å².